The lowest BCUT2D eigenvalue weighted by atomic mass is 9.65. The first kappa shape index (κ1) is 16.1. The molecule has 5 nitrogen and oxygen atoms in total. The van der Waals surface area contributed by atoms with Crippen molar-refractivity contribution in [1.29, 1.82) is 0 Å². The molecule has 2 heterocycles. The maximum Gasteiger partial charge on any atom is 0.303 e. The molecule has 24 heavy (non-hydrogen) atoms. The lowest BCUT2D eigenvalue weighted by molar-refractivity contribution is -0.138. The van der Waals surface area contributed by atoms with Gasteiger partial charge >= 0.3 is 5.97 Å². The number of piperidine rings is 1. The van der Waals surface area contributed by atoms with Gasteiger partial charge in [-0.15, -0.1) is 0 Å². The molecule has 3 fully saturated rings. The van der Waals surface area contributed by atoms with Crippen LogP contribution in [0.15, 0.2) is 12.4 Å². The smallest absolute Gasteiger partial charge is 0.303 e. The van der Waals surface area contributed by atoms with Crippen LogP contribution < -0.4 is 0 Å². The van der Waals surface area contributed by atoms with Gasteiger partial charge in [-0.3, -0.25) is 9.69 Å². The van der Waals surface area contributed by atoms with E-state index in [9.17, 15) is 4.79 Å². The Morgan fingerprint density at radius 3 is 2.50 bits per heavy atom. The summed E-state index contributed by atoms with van der Waals surface area (Å²) in [4.78, 5) is 18.0. The first-order valence-electron chi connectivity index (χ1n) is 9.59. The average Bonchev–Trinajstić information content (AvgIpc) is 3.31. The van der Waals surface area contributed by atoms with E-state index >= 15 is 0 Å². The van der Waals surface area contributed by atoms with E-state index in [4.69, 9.17) is 5.11 Å². The number of carboxylic acid groups (broad SMARTS) is 1. The zero-order valence-corrected chi connectivity index (χ0v) is 14.5. The van der Waals surface area contributed by atoms with Gasteiger partial charge in [0.15, 0.2) is 0 Å². The van der Waals surface area contributed by atoms with Crippen molar-refractivity contribution in [2.45, 2.75) is 70.4 Å². The SMILES string of the molecule is O=C(O)CC1CCC2(CC1)CCN(Cc1nccn1C1CC1)CC2. The van der Waals surface area contributed by atoms with Gasteiger partial charge in [0.1, 0.15) is 5.82 Å². The zero-order chi connectivity index (χ0) is 16.6. The molecule has 2 aliphatic carbocycles. The van der Waals surface area contributed by atoms with Crippen molar-refractivity contribution in [2.24, 2.45) is 11.3 Å². The van der Waals surface area contributed by atoms with Gasteiger partial charge in [0, 0.05) is 24.9 Å². The highest BCUT2D eigenvalue weighted by molar-refractivity contribution is 5.67. The van der Waals surface area contributed by atoms with Gasteiger partial charge in [-0.1, -0.05) is 0 Å². The average molecular weight is 331 g/mol. The molecular formula is C19H29N3O2. The van der Waals surface area contributed by atoms with Crippen molar-refractivity contribution in [2.75, 3.05) is 13.1 Å². The highest BCUT2D eigenvalue weighted by atomic mass is 16.4. The molecular weight excluding hydrogens is 302 g/mol. The van der Waals surface area contributed by atoms with E-state index in [2.05, 4.69) is 20.6 Å². The molecule has 1 aromatic heterocycles. The molecule has 0 radical (unpaired) electrons. The molecule has 0 unspecified atom stereocenters. The molecule has 3 aliphatic rings. The topological polar surface area (TPSA) is 58.4 Å². The van der Waals surface area contributed by atoms with Crippen LogP contribution in [0.3, 0.4) is 0 Å². The summed E-state index contributed by atoms with van der Waals surface area (Å²) in [5.41, 5.74) is 0.497. The summed E-state index contributed by atoms with van der Waals surface area (Å²) in [7, 11) is 0. The van der Waals surface area contributed by atoms with Crippen LogP contribution in [0.2, 0.25) is 0 Å². The Morgan fingerprint density at radius 2 is 1.88 bits per heavy atom. The van der Waals surface area contributed by atoms with Gasteiger partial charge in [-0.05, 0) is 75.8 Å². The molecule has 0 bridgehead atoms. The molecule has 5 heteroatoms. The van der Waals surface area contributed by atoms with Crippen LogP contribution in [0.25, 0.3) is 0 Å². The first-order valence-corrected chi connectivity index (χ1v) is 9.59. The Morgan fingerprint density at radius 1 is 1.17 bits per heavy atom. The molecule has 4 rings (SSSR count). The van der Waals surface area contributed by atoms with Crippen LogP contribution in [-0.2, 0) is 11.3 Å². The zero-order valence-electron chi connectivity index (χ0n) is 14.5. The second-order valence-electron chi connectivity index (χ2n) is 8.30. The number of carboxylic acids is 1. The Kier molecular flexibility index (Phi) is 4.37. The maximum absolute atomic E-state index is 10.9. The monoisotopic (exact) mass is 331 g/mol. The summed E-state index contributed by atoms with van der Waals surface area (Å²) in [6, 6.07) is 0.711. The standard InChI is InChI=1S/C19H29N3O2/c23-18(24)13-15-3-5-19(6-4-15)7-10-21(11-8-19)14-17-20-9-12-22(17)16-1-2-16/h9,12,15-16H,1-8,10-11,13-14H2,(H,23,24). The van der Waals surface area contributed by atoms with E-state index in [1.54, 1.807) is 0 Å². The summed E-state index contributed by atoms with van der Waals surface area (Å²) in [6.45, 7) is 3.32. The van der Waals surface area contributed by atoms with E-state index in [-0.39, 0.29) is 0 Å². The molecule has 1 saturated heterocycles. The molecule has 1 aliphatic heterocycles. The van der Waals surface area contributed by atoms with E-state index in [0.717, 1.165) is 19.4 Å². The van der Waals surface area contributed by atoms with Crippen molar-refractivity contribution < 1.29 is 9.90 Å². The van der Waals surface area contributed by atoms with Crippen LogP contribution in [0.5, 0.6) is 0 Å². The minimum Gasteiger partial charge on any atom is -0.481 e. The third-order valence-corrected chi connectivity index (χ3v) is 6.60. The third-order valence-electron chi connectivity index (χ3n) is 6.60. The number of aliphatic carboxylic acids is 1. The fourth-order valence-corrected chi connectivity index (χ4v) is 4.78. The number of hydrogen-bond donors (Lipinski definition) is 1. The number of likely N-dealkylation sites (tertiary alicyclic amines) is 1. The van der Waals surface area contributed by atoms with Crippen LogP contribution in [-0.4, -0.2) is 38.6 Å². The number of rotatable bonds is 5. The second-order valence-corrected chi connectivity index (χ2v) is 8.30. The minimum atomic E-state index is -0.628. The van der Waals surface area contributed by atoms with Crippen molar-refractivity contribution in [3.05, 3.63) is 18.2 Å². The molecule has 0 aromatic carbocycles. The molecule has 132 valence electrons. The van der Waals surface area contributed by atoms with Crippen LogP contribution >= 0.6 is 0 Å². The summed E-state index contributed by atoms with van der Waals surface area (Å²) in [5, 5.41) is 8.98. The number of aromatic nitrogens is 2. The third kappa shape index (κ3) is 3.51. The number of nitrogens with zero attached hydrogens (tertiary/aromatic N) is 3. The van der Waals surface area contributed by atoms with Gasteiger partial charge in [0.2, 0.25) is 0 Å². The normalized spacial score (nSPS) is 25.2. The van der Waals surface area contributed by atoms with Gasteiger partial charge in [-0.2, -0.15) is 0 Å². The lowest BCUT2D eigenvalue weighted by Crippen LogP contribution is -2.42. The molecule has 1 aromatic rings. The molecule has 0 amide bonds. The summed E-state index contributed by atoms with van der Waals surface area (Å²) < 4.78 is 2.38. The second kappa shape index (κ2) is 6.51. The van der Waals surface area contributed by atoms with Crippen molar-refractivity contribution in [1.82, 2.24) is 14.5 Å². The minimum absolute atomic E-state index is 0.367. The Hall–Kier alpha value is -1.36. The van der Waals surface area contributed by atoms with Crippen LogP contribution in [0.4, 0.5) is 0 Å². The highest BCUT2D eigenvalue weighted by Gasteiger charge is 2.38. The first-order chi connectivity index (χ1) is 11.6. The largest absolute Gasteiger partial charge is 0.481 e. The molecule has 2 saturated carbocycles. The van der Waals surface area contributed by atoms with Crippen molar-refractivity contribution in [3.63, 3.8) is 0 Å². The van der Waals surface area contributed by atoms with E-state index < -0.39 is 5.97 Å². The summed E-state index contributed by atoms with van der Waals surface area (Å²) in [5.74, 6) is 1.02. The quantitative estimate of drug-likeness (QED) is 0.897. The number of imidazole rings is 1. The fraction of sp³-hybridized carbons (Fsp3) is 0.789. The molecule has 1 spiro atoms. The maximum atomic E-state index is 10.9. The predicted molar refractivity (Wildman–Crippen MR) is 91.7 cm³/mol. The Labute approximate surface area is 144 Å². The Bertz CT molecular complexity index is 575. The van der Waals surface area contributed by atoms with Crippen molar-refractivity contribution in [3.8, 4) is 0 Å². The van der Waals surface area contributed by atoms with Crippen molar-refractivity contribution >= 4 is 5.97 Å². The van der Waals surface area contributed by atoms with E-state index in [1.807, 2.05) is 6.20 Å². The fourth-order valence-electron chi connectivity index (χ4n) is 4.78. The number of hydrogen-bond acceptors (Lipinski definition) is 3. The molecule has 1 N–H and O–H groups in total. The van der Waals surface area contributed by atoms with Crippen LogP contribution in [0, 0.1) is 11.3 Å². The van der Waals surface area contributed by atoms with Gasteiger partial charge in [-0.25, -0.2) is 4.98 Å². The lowest BCUT2D eigenvalue weighted by Gasteiger charge is -2.45. The van der Waals surface area contributed by atoms with E-state index in [1.165, 1.54) is 57.4 Å². The van der Waals surface area contributed by atoms with E-state index in [0.29, 0.717) is 23.8 Å². The van der Waals surface area contributed by atoms with Crippen LogP contribution in [0.1, 0.15) is 69.7 Å². The summed E-state index contributed by atoms with van der Waals surface area (Å²) in [6.07, 6.45) is 14.3. The number of carbonyl (C=O) groups is 1. The predicted octanol–water partition coefficient (Wildman–Crippen LogP) is 3.47. The Balaban J connectivity index is 1.28. The summed E-state index contributed by atoms with van der Waals surface area (Å²) >= 11 is 0. The molecule has 0 atom stereocenters. The van der Waals surface area contributed by atoms with Gasteiger partial charge in [0.25, 0.3) is 0 Å². The highest BCUT2D eigenvalue weighted by Crippen LogP contribution is 2.47. The van der Waals surface area contributed by atoms with Gasteiger partial charge in [0.05, 0.1) is 6.54 Å². The van der Waals surface area contributed by atoms with Gasteiger partial charge < -0.3 is 9.67 Å².